The number of rotatable bonds is 4. The molecule has 0 radical (unpaired) electrons. The topological polar surface area (TPSA) is 103 Å². The molecule has 0 bridgehead atoms. The first kappa shape index (κ1) is 22.1. The van der Waals surface area contributed by atoms with Gasteiger partial charge >= 0.3 is 0 Å². The van der Waals surface area contributed by atoms with Gasteiger partial charge in [-0.2, -0.15) is 5.26 Å². The molecule has 0 aliphatic carbocycles. The molecule has 3 heterocycles. The summed E-state index contributed by atoms with van der Waals surface area (Å²) in [5.41, 5.74) is 3.56. The third-order valence-corrected chi connectivity index (χ3v) is 6.82. The zero-order valence-corrected chi connectivity index (χ0v) is 18.9. The van der Waals surface area contributed by atoms with Crippen LogP contribution >= 0.6 is 0 Å². The number of tetrazole rings is 1. The Bertz CT molecular complexity index is 1220. The molecule has 2 aliphatic rings. The van der Waals surface area contributed by atoms with Gasteiger partial charge in [0, 0.05) is 44.8 Å². The lowest BCUT2D eigenvalue weighted by molar-refractivity contribution is -0.134. The molecule has 3 aromatic rings. The lowest BCUT2D eigenvalue weighted by Gasteiger charge is -2.47. The van der Waals surface area contributed by atoms with Crippen LogP contribution in [0.1, 0.15) is 28.3 Å². The fourth-order valence-corrected chi connectivity index (χ4v) is 4.88. The summed E-state index contributed by atoms with van der Waals surface area (Å²) in [5.74, 6) is -0.361. The van der Waals surface area contributed by atoms with Crippen molar-refractivity contribution in [2.45, 2.75) is 25.4 Å². The molecule has 1 unspecified atom stereocenters. The number of hydrogen-bond acceptors (Lipinski definition) is 7. The molecule has 0 spiro atoms. The van der Waals surface area contributed by atoms with E-state index < -0.39 is 5.82 Å². The number of carbonyl (C=O) groups excluding carboxylic acids is 1. The van der Waals surface area contributed by atoms with Gasteiger partial charge in [0.25, 0.3) is 0 Å². The zero-order valence-electron chi connectivity index (χ0n) is 18.9. The number of halogens is 1. The van der Waals surface area contributed by atoms with E-state index in [0.717, 1.165) is 36.4 Å². The van der Waals surface area contributed by atoms with Gasteiger partial charge in [0.05, 0.1) is 17.7 Å². The van der Waals surface area contributed by atoms with Crippen molar-refractivity contribution in [1.82, 2.24) is 35.3 Å². The van der Waals surface area contributed by atoms with Gasteiger partial charge in [0.15, 0.2) is 0 Å². The molecule has 9 nitrogen and oxygen atoms in total. The average Bonchev–Trinajstić information content (AvgIpc) is 3.39. The van der Waals surface area contributed by atoms with E-state index in [2.05, 4.69) is 25.7 Å². The van der Waals surface area contributed by atoms with Crippen LogP contribution in [0, 0.1) is 24.1 Å². The summed E-state index contributed by atoms with van der Waals surface area (Å²) in [4.78, 5) is 17.3. The maximum atomic E-state index is 13.9. The second-order valence-corrected chi connectivity index (χ2v) is 8.80. The van der Waals surface area contributed by atoms with E-state index in [9.17, 15) is 14.4 Å². The van der Waals surface area contributed by atoms with Crippen molar-refractivity contribution < 1.29 is 9.18 Å². The molecule has 2 saturated heterocycles. The minimum Gasteiger partial charge on any atom is -0.340 e. The van der Waals surface area contributed by atoms with E-state index >= 15 is 0 Å². The van der Waals surface area contributed by atoms with Crippen LogP contribution in [0.25, 0.3) is 5.69 Å². The van der Waals surface area contributed by atoms with Gasteiger partial charge in [-0.3, -0.25) is 9.69 Å². The van der Waals surface area contributed by atoms with Crippen molar-refractivity contribution in [2.24, 2.45) is 0 Å². The van der Waals surface area contributed by atoms with Gasteiger partial charge in [-0.15, -0.1) is 5.10 Å². The number of amides is 1. The summed E-state index contributed by atoms with van der Waals surface area (Å²) in [7, 11) is 0. The molecule has 34 heavy (non-hydrogen) atoms. The lowest BCUT2D eigenvalue weighted by atomic mass is 9.93. The van der Waals surface area contributed by atoms with Crippen LogP contribution in [-0.4, -0.2) is 74.7 Å². The monoisotopic (exact) mass is 460 g/mol. The fraction of sp³-hybridized carbons (Fsp3) is 0.375. The van der Waals surface area contributed by atoms with Crippen LogP contribution in [-0.2, 0) is 11.2 Å². The molecule has 5 rings (SSSR count). The lowest BCUT2D eigenvalue weighted by Crippen LogP contribution is -2.62. The zero-order chi connectivity index (χ0) is 23.7. The van der Waals surface area contributed by atoms with Gasteiger partial charge in [0.1, 0.15) is 18.2 Å². The summed E-state index contributed by atoms with van der Waals surface area (Å²) >= 11 is 0. The second kappa shape index (κ2) is 9.29. The Labute approximate surface area is 196 Å². The fourth-order valence-electron chi connectivity index (χ4n) is 4.88. The molecule has 1 N–H and O–H groups in total. The van der Waals surface area contributed by atoms with Crippen molar-refractivity contribution in [3.8, 4) is 11.8 Å². The quantitative estimate of drug-likeness (QED) is 0.628. The highest BCUT2D eigenvalue weighted by molar-refractivity contribution is 5.79. The SMILES string of the molecule is Cc1c(C2CN3CCN(C(=O)Cc4ccc(-n5cnnn5)cc4)C[C@H]3CN2)ccc(F)c1C#N. The smallest absolute Gasteiger partial charge is 0.227 e. The van der Waals surface area contributed by atoms with E-state index in [1.807, 2.05) is 35.2 Å². The van der Waals surface area contributed by atoms with Crippen molar-refractivity contribution in [3.05, 3.63) is 70.8 Å². The number of fused-ring (bicyclic) bond motifs is 1. The van der Waals surface area contributed by atoms with E-state index in [0.29, 0.717) is 25.1 Å². The number of nitriles is 1. The summed E-state index contributed by atoms with van der Waals surface area (Å²) in [6, 6.07) is 13.0. The maximum absolute atomic E-state index is 13.9. The Balaban J connectivity index is 1.19. The van der Waals surface area contributed by atoms with Gasteiger partial charge < -0.3 is 10.2 Å². The van der Waals surface area contributed by atoms with Crippen LogP contribution in [0.4, 0.5) is 4.39 Å². The molecule has 2 aliphatic heterocycles. The largest absolute Gasteiger partial charge is 0.340 e. The van der Waals surface area contributed by atoms with Gasteiger partial charge in [-0.05, 0) is 52.2 Å². The molecule has 2 aromatic carbocycles. The number of nitrogens with one attached hydrogen (secondary N) is 1. The van der Waals surface area contributed by atoms with E-state index in [1.54, 1.807) is 17.7 Å². The first-order chi connectivity index (χ1) is 16.5. The van der Waals surface area contributed by atoms with Crippen molar-refractivity contribution in [1.29, 1.82) is 5.26 Å². The molecular weight excluding hydrogens is 435 g/mol. The van der Waals surface area contributed by atoms with Crippen LogP contribution in [0.2, 0.25) is 0 Å². The predicted molar refractivity (Wildman–Crippen MR) is 121 cm³/mol. The van der Waals surface area contributed by atoms with E-state index in [4.69, 9.17) is 0 Å². The Kier molecular flexibility index (Phi) is 6.04. The third-order valence-electron chi connectivity index (χ3n) is 6.82. The number of benzene rings is 2. The standard InChI is InChI=1S/C24H25FN8O/c1-16-20(6-7-22(25)21(16)11-26)23-14-31-8-9-32(13-19(31)12-27-23)24(34)10-17-2-4-18(5-3-17)33-15-28-29-30-33/h2-7,15,19,23,27H,8-10,12-14H2,1H3/t19-,23?/m1/s1. The summed E-state index contributed by atoms with van der Waals surface area (Å²) < 4.78 is 15.5. The van der Waals surface area contributed by atoms with E-state index in [-0.39, 0.29) is 23.6 Å². The molecule has 174 valence electrons. The van der Waals surface area contributed by atoms with Crippen molar-refractivity contribution in [2.75, 3.05) is 32.7 Å². The first-order valence-corrected chi connectivity index (χ1v) is 11.3. The first-order valence-electron chi connectivity index (χ1n) is 11.3. The second-order valence-electron chi connectivity index (χ2n) is 8.80. The van der Waals surface area contributed by atoms with E-state index in [1.165, 1.54) is 12.4 Å². The Morgan fingerprint density at radius 2 is 2.03 bits per heavy atom. The molecule has 0 saturated carbocycles. The van der Waals surface area contributed by atoms with Crippen LogP contribution in [0.5, 0.6) is 0 Å². The number of nitrogens with zero attached hydrogens (tertiary/aromatic N) is 7. The highest BCUT2D eigenvalue weighted by Gasteiger charge is 2.35. The highest BCUT2D eigenvalue weighted by Crippen LogP contribution is 2.27. The minimum absolute atomic E-state index is 0.0323. The Hall–Kier alpha value is -3.68. The number of piperazine rings is 2. The Morgan fingerprint density at radius 1 is 1.21 bits per heavy atom. The van der Waals surface area contributed by atoms with Crippen LogP contribution < -0.4 is 5.32 Å². The molecule has 2 atom stereocenters. The molecular formula is C24H25FN8O. The average molecular weight is 461 g/mol. The van der Waals surface area contributed by atoms with Crippen LogP contribution in [0.3, 0.4) is 0 Å². The number of carbonyl (C=O) groups is 1. The van der Waals surface area contributed by atoms with Crippen molar-refractivity contribution in [3.63, 3.8) is 0 Å². The summed E-state index contributed by atoms with van der Waals surface area (Å²) in [5, 5.41) is 24.0. The third kappa shape index (κ3) is 4.27. The van der Waals surface area contributed by atoms with Gasteiger partial charge in [-0.1, -0.05) is 18.2 Å². The van der Waals surface area contributed by atoms with Crippen LogP contribution in [0.15, 0.2) is 42.7 Å². The Morgan fingerprint density at radius 3 is 2.76 bits per heavy atom. The number of aromatic nitrogens is 4. The predicted octanol–water partition coefficient (Wildman–Crippen LogP) is 1.38. The maximum Gasteiger partial charge on any atom is 0.227 e. The highest BCUT2D eigenvalue weighted by atomic mass is 19.1. The molecule has 1 aromatic heterocycles. The molecule has 1 amide bonds. The summed E-state index contributed by atoms with van der Waals surface area (Å²) in [6.07, 6.45) is 1.88. The minimum atomic E-state index is -0.477. The normalized spacial score (nSPS) is 20.6. The molecule has 10 heteroatoms. The van der Waals surface area contributed by atoms with Crippen molar-refractivity contribution >= 4 is 5.91 Å². The van der Waals surface area contributed by atoms with Gasteiger partial charge in [-0.25, -0.2) is 9.07 Å². The summed E-state index contributed by atoms with van der Waals surface area (Å²) in [6.45, 7) is 5.44. The van der Waals surface area contributed by atoms with Gasteiger partial charge in [0.2, 0.25) is 5.91 Å². The number of hydrogen-bond donors (Lipinski definition) is 1. The molecule has 2 fully saturated rings.